The van der Waals surface area contributed by atoms with Crippen molar-refractivity contribution in [2.24, 2.45) is 0 Å². The highest BCUT2D eigenvalue weighted by Crippen LogP contribution is 2.29. The van der Waals surface area contributed by atoms with Gasteiger partial charge >= 0.3 is 5.97 Å². The second-order valence-corrected chi connectivity index (χ2v) is 4.46. The number of ketones is 1. The minimum atomic E-state index is -0.494. The zero-order chi connectivity index (χ0) is 16.1. The largest absolute Gasteiger partial charge is 0.493 e. The van der Waals surface area contributed by atoms with Crippen LogP contribution >= 0.6 is 0 Å². The third-order valence-electron chi connectivity index (χ3n) is 3.08. The Balaban J connectivity index is 2.17. The summed E-state index contributed by atoms with van der Waals surface area (Å²) < 4.78 is 20.7. The molecule has 1 aromatic carbocycles. The molecule has 0 bridgehead atoms. The van der Waals surface area contributed by atoms with Gasteiger partial charge in [-0.3, -0.25) is 4.79 Å². The number of ether oxygens (including phenoxy) is 3. The SMILES string of the molecule is COC(=O)c1ccoc1COc1ccc(C(C)=O)cc1OC. The van der Waals surface area contributed by atoms with E-state index in [1.807, 2.05) is 0 Å². The van der Waals surface area contributed by atoms with Crippen molar-refractivity contribution in [3.8, 4) is 11.5 Å². The van der Waals surface area contributed by atoms with Gasteiger partial charge in [-0.15, -0.1) is 0 Å². The van der Waals surface area contributed by atoms with Crippen molar-refractivity contribution in [2.45, 2.75) is 13.5 Å². The maximum absolute atomic E-state index is 11.5. The van der Waals surface area contributed by atoms with Crippen LogP contribution in [-0.2, 0) is 11.3 Å². The number of carbonyl (C=O) groups excluding carboxylic acids is 2. The predicted octanol–water partition coefficient (Wildman–Crippen LogP) is 2.86. The molecule has 0 N–H and O–H groups in total. The second kappa shape index (κ2) is 6.80. The molecule has 1 aromatic heterocycles. The van der Waals surface area contributed by atoms with Gasteiger partial charge in [0.1, 0.15) is 12.2 Å². The number of furan rings is 1. The lowest BCUT2D eigenvalue weighted by Crippen LogP contribution is -2.06. The number of benzene rings is 1. The van der Waals surface area contributed by atoms with E-state index in [2.05, 4.69) is 4.74 Å². The third-order valence-corrected chi connectivity index (χ3v) is 3.08. The molecule has 22 heavy (non-hydrogen) atoms. The molecular formula is C16H16O6. The Morgan fingerprint density at radius 1 is 1.14 bits per heavy atom. The molecule has 0 saturated carbocycles. The normalized spacial score (nSPS) is 10.1. The van der Waals surface area contributed by atoms with Crippen LogP contribution in [0.25, 0.3) is 0 Å². The molecule has 0 unspecified atom stereocenters. The van der Waals surface area contributed by atoms with Gasteiger partial charge < -0.3 is 18.6 Å². The smallest absolute Gasteiger partial charge is 0.341 e. The van der Waals surface area contributed by atoms with E-state index in [-0.39, 0.29) is 12.4 Å². The zero-order valence-corrected chi connectivity index (χ0v) is 12.5. The molecule has 0 aliphatic heterocycles. The van der Waals surface area contributed by atoms with Gasteiger partial charge in [0.05, 0.1) is 20.5 Å². The van der Waals surface area contributed by atoms with Crippen molar-refractivity contribution >= 4 is 11.8 Å². The lowest BCUT2D eigenvalue weighted by atomic mass is 10.1. The second-order valence-electron chi connectivity index (χ2n) is 4.46. The van der Waals surface area contributed by atoms with Crippen LogP contribution in [0.3, 0.4) is 0 Å². The van der Waals surface area contributed by atoms with Crippen LogP contribution in [0.1, 0.15) is 33.4 Å². The van der Waals surface area contributed by atoms with Crippen LogP contribution in [-0.4, -0.2) is 26.0 Å². The summed E-state index contributed by atoms with van der Waals surface area (Å²) in [4.78, 5) is 22.9. The van der Waals surface area contributed by atoms with Crippen LogP contribution in [0.4, 0.5) is 0 Å². The summed E-state index contributed by atoms with van der Waals surface area (Å²) in [6.45, 7) is 1.51. The van der Waals surface area contributed by atoms with E-state index in [9.17, 15) is 9.59 Å². The molecule has 0 spiro atoms. The first-order valence-electron chi connectivity index (χ1n) is 6.53. The number of hydrogen-bond acceptors (Lipinski definition) is 6. The lowest BCUT2D eigenvalue weighted by Gasteiger charge is -2.11. The van der Waals surface area contributed by atoms with Gasteiger partial charge in [0, 0.05) is 5.56 Å². The first kappa shape index (κ1) is 15.6. The van der Waals surface area contributed by atoms with E-state index in [4.69, 9.17) is 13.9 Å². The molecule has 2 rings (SSSR count). The fraction of sp³-hybridized carbons (Fsp3) is 0.250. The quantitative estimate of drug-likeness (QED) is 0.603. The van der Waals surface area contributed by atoms with Crippen molar-refractivity contribution in [1.29, 1.82) is 0 Å². The van der Waals surface area contributed by atoms with Gasteiger partial charge in [-0.1, -0.05) is 0 Å². The van der Waals surface area contributed by atoms with E-state index in [1.54, 1.807) is 18.2 Å². The summed E-state index contributed by atoms with van der Waals surface area (Å²) in [5.41, 5.74) is 0.833. The third kappa shape index (κ3) is 3.28. The Kier molecular flexibility index (Phi) is 4.83. The van der Waals surface area contributed by atoms with E-state index in [0.717, 1.165) is 0 Å². The standard InChI is InChI=1S/C16H16O6/c1-10(17)11-4-5-13(14(8-11)19-2)22-9-15-12(6-7-21-15)16(18)20-3/h4-8H,9H2,1-3H3. The van der Waals surface area contributed by atoms with E-state index >= 15 is 0 Å². The first-order valence-corrected chi connectivity index (χ1v) is 6.53. The molecule has 0 saturated heterocycles. The molecule has 0 amide bonds. The molecule has 6 nitrogen and oxygen atoms in total. The molecule has 116 valence electrons. The summed E-state index contributed by atoms with van der Waals surface area (Å²) in [7, 11) is 2.78. The Labute approximate surface area is 127 Å². The van der Waals surface area contributed by atoms with Gasteiger partial charge in [-0.05, 0) is 31.2 Å². The van der Waals surface area contributed by atoms with Gasteiger partial charge in [-0.2, -0.15) is 0 Å². The molecule has 1 heterocycles. The molecule has 0 atom stereocenters. The summed E-state index contributed by atoms with van der Waals surface area (Å²) in [5.74, 6) is 0.665. The van der Waals surface area contributed by atoms with Gasteiger partial charge in [0.25, 0.3) is 0 Å². The lowest BCUT2D eigenvalue weighted by molar-refractivity contribution is 0.0595. The van der Waals surface area contributed by atoms with Gasteiger partial charge in [0.2, 0.25) is 0 Å². The van der Waals surface area contributed by atoms with Crippen LogP contribution < -0.4 is 9.47 Å². The minimum Gasteiger partial charge on any atom is -0.493 e. The van der Waals surface area contributed by atoms with Crippen molar-refractivity contribution < 1.29 is 28.2 Å². The number of rotatable bonds is 6. The highest BCUT2D eigenvalue weighted by Gasteiger charge is 2.16. The minimum absolute atomic E-state index is 0.0349. The number of esters is 1. The Bertz CT molecular complexity index is 686. The maximum atomic E-state index is 11.5. The first-order chi connectivity index (χ1) is 10.6. The van der Waals surface area contributed by atoms with Gasteiger partial charge in [0.15, 0.2) is 23.0 Å². The highest BCUT2D eigenvalue weighted by molar-refractivity contribution is 5.94. The van der Waals surface area contributed by atoms with Crippen LogP contribution in [0.2, 0.25) is 0 Å². The summed E-state index contributed by atoms with van der Waals surface area (Å²) in [6, 6.07) is 6.39. The van der Waals surface area contributed by atoms with Crippen LogP contribution in [0.5, 0.6) is 11.5 Å². The molecular weight excluding hydrogens is 288 g/mol. The zero-order valence-electron chi connectivity index (χ0n) is 12.5. The van der Waals surface area contributed by atoms with Crippen molar-refractivity contribution in [1.82, 2.24) is 0 Å². The Hall–Kier alpha value is -2.76. The topological polar surface area (TPSA) is 75.0 Å². The van der Waals surface area contributed by atoms with E-state index in [0.29, 0.717) is 28.4 Å². The molecule has 6 heteroatoms. The average molecular weight is 304 g/mol. The molecule has 2 aromatic rings. The van der Waals surface area contributed by atoms with Crippen molar-refractivity contribution in [3.63, 3.8) is 0 Å². The summed E-state index contributed by atoms with van der Waals surface area (Å²) in [5, 5.41) is 0. The molecule has 0 fully saturated rings. The molecule has 0 aliphatic carbocycles. The van der Waals surface area contributed by atoms with Crippen molar-refractivity contribution in [3.05, 3.63) is 47.4 Å². The summed E-state index contributed by atoms with van der Waals surface area (Å²) in [6.07, 6.45) is 1.39. The molecule has 0 radical (unpaired) electrons. The Morgan fingerprint density at radius 3 is 2.55 bits per heavy atom. The van der Waals surface area contributed by atoms with Crippen LogP contribution in [0.15, 0.2) is 34.9 Å². The highest BCUT2D eigenvalue weighted by atomic mass is 16.5. The van der Waals surface area contributed by atoms with Crippen LogP contribution in [0, 0.1) is 0 Å². The summed E-state index contributed by atoms with van der Waals surface area (Å²) >= 11 is 0. The molecule has 0 aliphatic rings. The number of hydrogen-bond donors (Lipinski definition) is 0. The average Bonchev–Trinajstić information content (AvgIpc) is 3.00. The van der Waals surface area contributed by atoms with E-state index < -0.39 is 5.97 Å². The number of Topliss-reactive ketones (excluding diaryl/α,β-unsaturated/α-hetero) is 1. The van der Waals surface area contributed by atoms with Crippen molar-refractivity contribution in [2.75, 3.05) is 14.2 Å². The monoisotopic (exact) mass is 304 g/mol. The fourth-order valence-electron chi connectivity index (χ4n) is 1.89. The predicted molar refractivity (Wildman–Crippen MR) is 77.4 cm³/mol. The maximum Gasteiger partial charge on any atom is 0.341 e. The van der Waals surface area contributed by atoms with Gasteiger partial charge in [-0.25, -0.2) is 4.79 Å². The Morgan fingerprint density at radius 2 is 1.91 bits per heavy atom. The van der Waals surface area contributed by atoms with E-state index in [1.165, 1.54) is 33.5 Å². The number of methoxy groups -OCH3 is 2. The number of carbonyl (C=O) groups is 2. The fourth-order valence-corrected chi connectivity index (χ4v) is 1.89.